The van der Waals surface area contributed by atoms with Crippen molar-refractivity contribution in [2.45, 2.75) is 19.4 Å². The normalized spacial score (nSPS) is 22.7. The van der Waals surface area contributed by atoms with E-state index in [4.69, 9.17) is 4.74 Å². The van der Waals surface area contributed by atoms with Gasteiger partial charge in [0.05, 0.1) is 0 Å². The van der Waals surface area contributed by atoms with E-state index >= 15 is 0 Å². The predicted octanol–water partition coefficient (Wildman–Crippen LogP) is 1.02. The third-order valence-electron chi connectivity index (χ3n) is 1.04. The highest BCUT2D eigenvalue weighted by molar-refractivity contribution is 5.70. The summed E-state index contributed by atoms with van der Waals surface area (Å²) in [6.07, 6.45) is 2.99. The molecule has 1 N–H and O–H groups in total. The molecule has 3 heteroatoms. The lowest BCUT2D eigenvalue weighted by molar-refractivity contribution is 0.0681. The van der Waals surface area contributed by atoms with Gasteiger partial charge in [-0.15, -0.1) is 0 Å². The number of carbonyl (C=O) groups excluding carboxylic acids is 1. The SMILES string of the molecule is CC1(C)C=CNC(=O)O1. The fourth-order valence-corrected chi connectivity index (χ4v) is 0.613. The first-order valence-corrected chi connectivity index (χ1v) is 2.77. The van der Waals surface area contributed by atoms with E-state index in [9.17, 15) is 4.79 Å². The molecule has 1 rings (SSSR count). The van der Waals surface area contributed by atoms with E-state index in [-0.39, 0.29) is 6.09 Å². The van der Waals surface area contributed by atoms with Gasteiger partial charge in [0.2, 0.25) is 0 Å². The molecule has 1 aliphatic heterocycles. The van der Waals surface area contributed by atoms with Crippen LogP contribution in [-0.2, 0) is 4.74 Å². The molecule has 3 nitrogen and oxygen atoms in total. The second-order valence-corrected chi connectivity index (χ2v) is 2.47. The Bertz CT molecular complexity index is 160. The maximum atomic E-state index is 10.5. The number of rotatable bonds is 0. The first-order chi connectivity index (χ1) is 4.10. The average molecular weight is 127 g/mol. The highest BCUT2D eigenvalue weighted by Crippen LogP contribution is 2.13. The van der Waals surface area contributed by atoms with Crippen molar-refractivity contribution in [3.8, 4) is 0 Å². The van der Waals surface area contributed by atoms with Crippen molar-refractivity contribution >= 4 is 6.09 Å². The lowest BCUT2D eigenvalue weighted by atomic mass is 10.1. The second kappa shape index (κ2) is 1.76. The molecule has 0 atom stereocenters. The zero-order chi connectivity index (χ0) is 6.91. The third-order valence-corrected chi connectivity index (χ3v) is 1.04. The molecule has 0 radical (unpaired) electrons. The Hall–Kier alpha value is -0.990. The van der Waals surface area contributed by atoms with E-state index in [0.717, 1.165) is 0 Å². The molecule has 0 aromatic rings. The van der Waals surface area contributed by atoms with Crippen molar-refractivity contribution in [3.63, 3.8) is 0 Å². The standard InChI is InChI=1S/C6H9NO2/c1-6(2)3-4-7-5(8)9-6/h3-4H,1-2H3,(H,7,8). The van der Waals surface area contributed by atoms with E-state index in [2.05, 4.69) is 5.32 Å². The van der Waals surface area contributed by atoms with E-state index < -0.39 is 5.60 Å². The van der Waals surface area contributed by atoms with E-state index in [1.54, 1.807) is 12.3 Å². The van der Waals surface area contributed by atoms with Crippen LogP contribution in [0, 0.1) is 0 Å². The lowest BCUT2D eigenvalue weighted by Gasteiger charge is -2.24. The average Bonchev–Trinajstić information content (AvgIpc) is 1.60. The van der Waals surface area contributed by atoms with E-state index in [1.807, 2.05) is 13.8 Å². The van der Waals surface area contributed by atoms with Crippen molar-refractivity contribution in [2.75, 3.05) is 0 Å². The fraction of sp³-hybridized carbons (Fsp3) is 0.500. The van der Waals surface area contributed by atoms with Crippen LogP contribution >= 0.6 is 0 Å². The highest BCUT2D eigenvalue weighted by Gasteiger charge is 2.21. The van der Waals surface area contributed by atoms with Gasteiger partial charge in [0.25, 0.3) is 0 Å². The molecule has 0 spiro atoms. The van der Waals surface area contributed by atoms with Gasteiger partial charge in [-0.3, -0.25) is 5.32 Å². The lowest BCUT2D eigenvalue weighted by Crippen LogP contribution is -2.35. The minimum Gasteiger partial charge on any atom is -0.439 e. The first kappa shape index (κ1) is 6.13. The number of hydrogen-bond acceptors (Lipinski definition) is 2. The van der Waals surface area contributed by atoms with Gasteiger partial charge in [-0.05, 0) is 19.9 Å². The Morgan fingerprint density at radius 3 is 2.67 bits per heavy atom. The summed E-state index contributed by atoms with van der Waals surface area (Å²) in [4.78, 5) is 10.5. The molecule has 0 bridgehead atoms. The minimum atomic E-state index is -0.442. The van der Waals surface area contributed by atoms with Crippen LogP contribution in [0.4, 0.5) is 4.79 Å². The van der Waals surface area contributed by atoms with Gasteiger partial charge in [-0.1, -0.05) is 0 Å². The minimum absolute atomic E-state index is 0.387. The number of hydrogen-bond donors (Lipinski definition) is 1. The van der Waals surface area contributed by atoms with Crippen molar-refractivity contribution in [1.29, 1.82) is 0 Å². The van der Waals surface area contributed by atoms with Gasteiger partial charge < -0.3 is 4.74 Å². The summed E-state index contributed by atoms with van der Waals surface area (Å²) in [7, 11) is 0. The zero-order valence-electron chi connectivity index (χ0n) is 5.47. The molecule has 0 saturated carbocycles. The van der Waals surface area contributed by atoms with Crippen LogP contribution in [-0.4, -0.2) is 11.7 Å². The van der Waals surface area contributed by atoms with Gasteiger partial charge in [0.1, 0.15) is 5.60 Å². The maximum Gasteiger partial charge on any atom is 0.411 e. The monoisotopic (exact) mass is 127 g/mol. The van der Waals surface area contributed by atoms with Crippen molar-refractivity contribution in [1.82, 2.24) is 5.32 Å². The smallest absolute Gasteiger partial charge is 0.411 e. The molecule has 50 valence electrons. The molecule has 0 saturated heterocycles. The molecule has 0 aliphatic carbocycles. The van der Waals surface area contributed by atoms with Crippen molar-refractivity contribution in [2.24, 2.45) is 0 Å². The van der Waals surface area contributed by atoms with Crippen LogP contribution in [0.2, 0.25) is 0 Å². The van der Waals surface area contributed by atoms with Crippen LogP contribution in [0.25, 0.3) is 0 Å². The number of cyclic esters (lactones) is 1. The van der Waals surface area contributed by atoms with Crippen LogP contribution in [0.1, 0.15) is 13.8 Å². The number of carbonyl (C=O) groups is 1. The van der Waals surface area contributed by atoms with Crippen LogP contribution in [0.5, 0.6) is 0 Å². The molecule has 0 aromatic carbocycles. The van der Waals surface area contributed by atoms with Gasteiger partial charge in [0, 0.05) is 6.20 Å². The Labute approximate surface area is 53.7 Å². The summed E-state index contributed by atoms with van der Waals surface area (Å²) in [6.45, 7) is 3.64. The Kier molecular flexibility index (Phi) is 1.20. The molecule has 0 unspecified atom stereocenters. The largest absolute Gasteiger partial charge is 0.439 e. The number of alkyl carbamates (subject to hydrolysis) is 1. The number of nitrogens with one attached hydrogen (secondary N) is 1. The molecule has 9 heavy (non-hydrogen) atoms. The summed E-state index contributed by atoms with van der Waals surface area (Å²) in [5, 5.41) is 2.40. The second-order valence-electron chi connectivity index (χ2n) is 2.47. The molecular formula is C6H9NO2. The van der Waals surface area contributed by atoms with Gasteiger partial charge in [-0.2, -0.15) is 0 Å². The topological polar surface area (TPSA) is 38.3 Å². The van der Waals surface area contributed by atoms with Crippen molar-refractivity contribution in [3.05, 3.63) is 12.3 Å². The summed E-state index contributed by atoms with van der Waals surface area (Å²) in [5.41, 5.74) is -0.442. The summed E-state index contributed by atoms with van der Waals surface area (Å²) < 4.78 is 4.84. The summed E-state index contributed by atoms with van der Waals surface area (Å²) in [6, 6.07) is 0. The molecular weight excluding hydrogens is 118 g/mol. The summed E-state index contributed by atoms with van der Waals surface area (Å²) in [5.74, 6) is 0. The predicted molar refractivity (Wildman–Crippen MR) is 32.8 cm³/mol. The summed E-state index contributed by atoms with van der Waals surface area (Å²) >= 11 is 0. The molecule has 0 aromatic heterocycles. The van der Waals surface area contributed by atoms with Crippen molar-refractivity contribution < 1.29 is 9.53 Å². The van der Waals surface area contributed by atoms with Gasteiger partial charge >= 0.3 is 6.09 Å². The first-order valence-electron chi connectivity index (χ1n) is 2.77. The Morgan fingerprint density at radius 2 is 2.33 bits per heavy atom. The van der Waals surface area contributed by atoms with Gasteiger partial charge in [-0.25, -0.2) is 4.79 Å². The van der Waals surface area contributed by atoms with E-state index in [0.29, 0.717) is 0 Å². The molecule has 1 heterocycles. The van der Waals surface area contributed by atoms with Crippen LogP contribution in [0.3, 0.4) is 0 Å². The molecule has 0 fully saturated rings. The van der Waals surface area contributed by atoms with Crippen LogP contribution in [0.15, 0.2) is 12.3 Å². The number of amides is 1. The Morgan fingerprint density at radius 1 is 1.67 bits per heavy atom. The van der Waals surface area contributed by atoms with Crippen LogP contribution < -0.4 is 5.32 Å². The fourth-order valence-electron chi connectivity index (χ4n) is 0.613. The van der Waals surface area contributed by atoms with Gasteiger partial charge in [0.15, 0.2) is 0 Å². The maximum absolute atomic E-state index is 10.5. The molecule has 1 amide bonds. The third kappa shape index (κ3) is 1.45. The molecule has 1 aliphatic rings. The quantitative estimate of drug-likeness (QED) is 0.527. The Balaban J connectivity index is 2.71. The zero-order valence-corrected chi connectivity index (χ0v) is 5.47. The van der Waals surface area contributed by atoms with E-state index in [1.165, 1.54) is 0 Å². The number of ether oxygens (including phenoxy) is 1. The highest BCUT2D eigenvalue weighted by atomic mass is 16.6.